The van der Waals surface area contributed by atoms with Crippen LogP contribution in [0.25, 0.3) is 0 Å². The van der Waals surface area contributed by atoms with Crippen molar-refractivity contribution in [3.8, 4) is 0 Å². The summed E-state index contributed by atoms with van der Waals surface area (Å²) in [5.41, 5.74) is 1.33. The number of benzene rings is 2. The van der Waals surface area contributed by atoms with Crippen LogP contribution < -0.4 is 0 Å². The summed E-state index contributed by atoms with van der Waals surface area (Å²) < 4.78 is 23.8. The van der Waals surface area contributed by atoms with Crippen molar-refractivity contribution < 1.29 is 57.3 Å². The van der Waals surface area contributed by atoms with Gasteiger partial charge in [0.15, 0.2) is 24.4 Å². The normalized spacial score (nSPS) is 26.3. The number of fused-ring (bicyclic) bond motifs is 1. The van der Waals surface area contributed by atoms with E-state index in [1.165, 1.54) is 39.9 Å². The van der Waals surface area contributed by atoms with Crippen molar-refractivity contribution in [1.29, 1.82) is 0 Å². The molecule has 4 rings (SSSR count). The quantitative estimate of drug-likeness (QED) is 0.225. The smallest absolute Gasteiger partial charge is 0.329 e. The number of hydrogen-bond acceptors (Lipinski definition) is 12. The van der Waals surface area contributed by atoms with Crippen LogP contribution in [-0.4, -0.2) is 143 Å². The molecule has 2 aromatic carbocycles. The summed E-state index contributed by atoms with van der Waals surface area (Å²) in [4.78, 5) is 119. The van der Waals surface area contributed by atoms with Gasteiger partial charge in [0.05, 0.1) is 0 Å². The van der Waals surface area contributed by atoms with Gasteiger partial charge in [0.1, 0.15) is 24.2 Å². The van der Waals surface area contributed by atoms with E-state index in [0.717, 1.165) is 14.7 Å². The van der Waals surface area contributed by atoms with E-state index in [1.54, 1.807) is 60.7 Å². The molecule has 0 aromatic heterocycles. The van der Waals surface area contributed by atoms with Gasteiger partial charge >= 0.3 is 23.9 Å². The first-order valence-electron chi connectivity index (χ1n) is 23.6. The summed E-state index contributed by atoms with van der Waals surface area (Å²) in [5, 5.41) is 0. The van der Waals surface area contributed by atoms with Crippen molar-refractivity contribution in [3.63, 3.8) is 0 Å². The number of cyclic esters (lactones) is 4. The standard InChI is InChI=1S/C51H72N4O12/c1-31(2)26-39-49(61)65-35(8)45(57)53(10)41(28-33(5)6)51(63)67-43(30-37-22-16-13-17-23-37)47(59)55-25-19-18-24-38(55)48(60)64-34(7)44(56)52(9)40(27-32(3)4)50(62)66-42(46(58)54(39)11)29-36-20-14-12-15-21-36/h12-17,20-23,31-35,38-43H,18-19,24-30H2,1-11H3/t34-,35-,38-,39+,40+,41+,42-,43-/m1/s1. The first kappa shape index (κ1) is 53.8. The second-order valence-corrected chi connectivity index (χ2v) is 19.2. The largest absolute Gasteiger partial charge is 0.451 e. The SMILES string of the molecule is CC(C)C[C@H]1C(=O)O[C@H](Cc2ccccc2)C(=O)N(C)[C@@H](CC(C)C)C(=O)O[C@H](C)C(=O)N(C)[C@@H](CC(C)C)C(=O)O[C@H](Cc2ccccc2)C(=O)N2CCCC[C@@H]2C(=O)O[C@H](C)C(=O)N1C. The zero-order chi connectivity index (χ0) is 49.7. The van der Waals surface area contributed by atoms with Crippen LogP contribution in [0.1, 0.15) is 105 Å². The van der Waals surface area contributed by atoms with Gasteiger partial charge in [-0.25, -0.2) is 19.2 Å². The zero-order valence-electron chi connectivity index (χ0n) is 41.2. The minimum absolute atomic E-state index is 0.0491. The molecule has 0 saturated carbocycles. The van der Waals surface area contributed by atoms with Crippen LogP contribution >= 0.6 is 0 Å². The summed E-state index contributed by atoms with van der Waals surface area (Å²) in [5.74, 6) is -6.74. The van der Waals surface area contributed by atoms with E-state index < -0.39 is 96.1 Å². The lowest BCUT2D eigenvalue weighted by molar-refractivity contribution is -0.177. The number of rotatable bonds is 10. The molecule has 0 unspecified atom stereocenters. The number of amides is 4. The van der Waals surface area contributed by atoms with Crippen molar-refractivity contribution in [2.24, 2.45) is 17.8 Å². The topological polar surface area (TPSA) is 186 Å². The predicted octanol–water partition coefficient (Wildman–Crippen LogP) is 5.17. The average molecular weight is 933 g/mol. The number of nitrogens with zero attached hydrogens (tertiary/aromatic N) is 4. The van der Waals surface area contributed by atoms with E-state index in [0.29, 0.717) is 24.0 Å². The Morgan fingerprint density at radius 2 is 0.836 bits per heavy atom. The van der Waals surface area contributed by atoms with Gasteiger partial charge in [-0.05, 0) is 81.3 Å². The Labute approximate surface area is 395 Å². The van der Waals surface area contributed by atoms with E-state index in [1.807, 2.05) is 41.5 Å². The van der Waals surface area contributed by atoms with Gasteiger partial charge in [0, 0.05) is 40.5 Å². The van der Waals surface area contributed by atoms with Crippen molar-refractivity contribution in [2.45, 2.75) is 155 Å². The Morgan fingerprint density at radius 1 is 0.478 bits per heavy atom. The highest BCUT2D eigenvalue weighted by Crippen LogP contribution is 2.26. The molecule has 368 valence electrons. The molecule has 2 heterocycles. The van der Waals surface area contributed by atoms with Crippen molar-refractivity contribution in [1.82, 2.24) is 19.6 Å². The van der Waals surface area contributed by atoms with E-state index in [2.05, 4.69) is 0 Å². The maximum Gasteiger partial charge on any atom is 0.329 e. The molecule has 2 fully saturated rings. The van der Waals surface area contributed by atoms with Crippen LogP contribution in [0.5, 0.6) is 0 Å². The third kappa shape index (κ3) is 14.8. The number of piperidine rings is 1. The number of carbonyl (C=O) groups excluding carboxylic acids is 8. The molecule has 16 nitrogen and oxygen atoms in total. The van der Waals surface area contributed by atoms with Crippen LogP contribution in [0, 0.1) is 17.8 Å². The van der Waals surface area contributed by atoms with E-state index in [-0.39, 0.29) is 62.8 Å². The Hall–Kier alpha value is -5.80. The van der Waals surface area contributed by atoms with E-state index in [9.17, 15) is 38.4 Å². The molecule has 2 aliphatic rings. The van der Waals surface area contributed by atoms with Crippen molar-refractivity contribution in [3.05, 3.63) is 71.8 Å². The molecule has 4 amide bonds. The summed E-state index contributed by atoms with van der Waals surface area (Å²) in [6.45, 7) is 14.0. The highest BCUT2D eigenvalue weighted by Gasteiger charge is 2.43. The van der Waals surface area contributed by atoms with Crippen molar-refractivity contribution >= 4 is 47.5 Å². The maximum atomic E-state index is 14.7. The highest BCUT2D eigenvalue weighted by molar-refractivity contribution is 5.94. The lowest BCUT2D eigenvalue weighted by Crippen LogP contribution is -2.56. The lowest BCUT2D eigenvalue weighted by Gasteiger charge is -2.37. The first-order valence-corrected chi connectivity index (χ1v) is 23.6. The highest BCUT2D eigenvalue weighted by atomic mass is 16.6. The molecule has 2 aromatic rings. The Balaban J connectivity index is 1.84. The average Bonchev–Trinajstić information content (AvgIpc) is 3.29. The first-order chi connectivity index (χ1) is 31.6. The lowest BCUT2D eigenvalue weighted by atomic mass is 9.99. The molecule has 2 saturated heterocycles. The van der Waals surface area contributed by atoms with Crippen LogP contribution in [0.2, 0.25) is 0 Å². The van der Waals surface area contributed by atoms with Crippen LogP contribution in [0.4, 0.5) is 0 Å². The number of likely N-dealkylation sites (N-methyl/N-ethyl adjacent to an activating group) is 3. The molecular weight excluding hydrogens is 861 g/mol. The number of esters is 4. The second-order valence-electron chi connectivity index (χ2n) is 19.2. The van der Waals surface area contributed by atoms with Crippen LogP contribution in [0.15, 0.2) is 60.7 Å². The zero-order valence-corrected chi connectivity index (χ0v) is 41.2. The molecule has 2 aliphatic heterocycles. The molecule has 67 heavy (non-hydrogen) atoms. The Kier molecular flexibility index (Phi) is 19.9. The fourth-order valence-electron chi connectivity index (χ4n) is 8.52. The fraction of sp³-hybridized carbons (Fsp3) is 0.608. The summed E-state index contributed by atoms with van der Waals surface area (Å²) in [7, 11) is 4.19. The maximum absolute atomic E-state index is 14.7. The van der Waals surface area contributed by atoms with Crippen LogP contribution in [0.3, 0.4) is 0 Å². The number of ether oxygens (including phenoxy) is 4. The van der Waals surface area contributed by atoms with Crippen molar-refractivity contribution in [2.75, 3.05) is 27.7 Å². The Bertz CT molecular complexity index is 2030. The Morgan fingerprint density at radius 3 is 1.24 bits per heavy atom. The van der Waals surface area contributed by atoms with E-state index in [4.69, 9.17) is 18.9 Å². The molecule has 8 atom stereocenters. The van der Waals surface area contributed by atoms with E-state index >= 15 is 0 Å². The summed E-state index contributed by atoms with van der Waals surface area (Å²) in [6.07, 6.45) is -4.17. The van der Waals surface area contributed by atoms with Crippen LogP contribution in [-0.2, 0) is 70.1 Å². The third-order valence-corrected chi connectivity index (χ3v) is 12.3. The molecule has 0 bridgehead atoms. The van der Waals surface area contributed by atoms with Gasteiger partial charge in [-0.2, -0.15) is 0 Å². The molecule has 0 N–H and O–H groups in total. The number of carbonyl (C=O) groups is 8. The van der Waals surface area contributed by atoms with Gasteiger partial charge in [0.25, 0.3) is 23.6 Å². The fourth-order valence-corrected chi connectivity index (χ4v) is 8.52. The molecule has 16 heteroatoms. The third-order valence-electron chi connectivity index (χ3n) is 12.3. The second kappa shape index (κ2) is 24.8. The van der Waals surface area contributed by atoms with Gasteiger partial charge in [-0.3, -0.25) is 19.2 Å². The number of hydrogen-bond donors (Lipinski definition) is 0. The molecule has 0 spiro atoms. The monoisotopic (exact) mass is 933 g/mol. The summed E-state index contributed by atoms with van der Waals surface area (Å²) in [6, 6.07) is 13.0. The molecular formula is C51H72N4O12. The predicted molar refractivity (Wildman–Crippen MR) is 249 cm³/mol. The van der Waals surface area contributed by atoms with Gasteiger partial charge in [0.2, 0.25) is 0 Å². The summed E-state index contributed by atoms with van der Waals surface area (Å²) >= 11 is 0. The van der Waals surface area contributed by atoms with Gasteiger partial charge in [-0.1, -0.05) is 102 Å². The molecule has 0 aliphatic carbocycles. The minimum Gasteiger partial charge on any atom is -0.451 e. The molecule has 0 radical (unpaired) electrons. The van der Waals surface area contributed by atoms with Gasteiger partial charge < -0.3 is 38.5 Å². The minimum atomic E-state index is -1.46. The van der Waals surface area contributed by atoms with Gasteiger partial charge in [-0.15, -0.1) is 0 Å².